The predicted octanol–water partition coefficient (Wildman–Crippen LogP) is 6.09. The van der Waals surface area contributed by atoms with Crippen LogP contribution in [0.4, 0.5) is 10.5 Å². The number of ether oxygens (including phenoxy) is 1. The molecule has 1 saturated heterocycles. The Morgan fingerprint density at radius 1 is 1.21 bits per heavy atom. The van der Waals surface area contributed by atoms with E-state index < -0.39 is 5.60 Å². The summed E-state index contributed by atoms with van der Waals surface area (Å²) in [5, 5.41) is 8.35. The van der Waals surface area contributed by atoms with Gasteiger partial charge in [-0.1, -0.05) is 12.1 Å². The van der Waals surface area contributed by atoms with E-state index in [1.807, 2.05) is 25.7 Å². The minimum atomic E-state index is -0.479. The molecule has 3 heterocycles. The average Bonchev–Trinajstić information content (AvgIpc) is 3.36. The van der Waals surface area contributed by atoms with Crippen LogP contribution in [0.15, 0.2) is 29.0 Å². The number of fused-ring (bicyclic) bond motifs is 5. The molecule has 2 aromatic rings. The largest absolute Gasteiger partial charge is 0.444 e. The van der Waals surface area contributed by atoms with E-state index in [0.29, 0.717) is 5.92 Å². The lowest BCUT2D eigenvalue weighted by molar-refractivity contribution is 0.0198. The van der Waals surface area contributed by atoms with Crippen molar-refractivity contribution in [3.63, 3.8) is 0 Å². The molecule has 154 valence electrons. The number of aryl methyl sites for hydroxylation is 1. The van der Waals surface area contributed by atoms with Gasteiger partial charge in [-0.25, -0.2) is 4.79 Å². The minimum Gasteiger partial charge on any atom is -0.444 e. The molecule has 5 heteroatoms. The number of amides is 1. The van der Waals surface area contributed by atoms with E-state index in [-0.39, 0.29) is 18.2 Å². The van der Waals surface area contributed by atoms with Gasteiger partial charge in [0.15, 0.2) is 0 Å². The van der Waals surface area contributed by atoms with Crippen LogP contribution < -0.4 is 5.32 Å². The van der Waals surface area contributed by atoms with Crippen molar-refractivity contribution < 1.29 is 9.53 Å². The number of benzene rings is 1. The van der Waals surface area contributed by atoms with Crippen LogP contribution in [0.25, 0.3) is 0 Å². The summed E-state index contributed by atoms with van der Waals surface area (Å²) in [6.45, 7) is 6.58. The smallest absolute Gasteiger partial charge is 0.410 e. The third-order valence-electron chi connectivity index (χ3n) is 6.59. The standard InChI is InChI=1S/C24H30N2O2S/c1-24(2,3)28-23(27)26-12-10-19-20(16-11-13-29-14-16)25-21-17-7-5-4-6-15(17)8-9-18(21)22(19)26/h8-9,11,13-14,19-20,22,25H,4-7,10,12H2,1-3H3/t19-,20+,22+/m0/s1. The van der Waals surface area contributed by atoms with Crippen molar-refractivity contribution in [3.8, 4) is 0 Å². The van der Waals surface area contributed by atoms with Gasteiger partial charge in [-0.2, -0.15) is 11.3 Å². The van der Waals surface area contributed by atoms with Crippen LogP contribution in [-0.2, 0) is 17.6 Å². The maximum atomic E-state index is 13.1. The highest BCUT2D eigenvalue weighted by atomic mass is 32.1. The van der Waals surface area contributed by atoms with Gasteiger partial charge < -0.3 is 15.0 Å². The maximum Gasteiger partial charge on any atom is 0.410 e. The van der Waals surface area contributed by atoms with Crippen molar-refractivity contribution in [1.82, 2.24) is 4.90 Å². The predicted molar refractivity (Wildman–Crippen MR) is 118 cm³/mol. The number of nitrogens with zero attached hydrogens (tertiary/aromatic N) is 1. The molecule has 0 spiro atoms. The Kier molecular flexibility index (Phi) is 4.61. The molecule has 5 rings (SSSR count). The van der Waals surface area contributed by atoms with Gasteiger partial charge in [0.25, 0.3) is 0 Å². The molecule has 1 fully saturated rings. The zero-order valence-electron chi connectivity index (χ0n) is 17.5. The molecule has 0 saturated carbocycles. The Balaban J connectivity index is 1.59. The molecule has 2 aliphatic heterocycles. The van der Waals surface area contributed by atoms with Gasteiger partial charge in [-0.15, -0.1) is 0 Å². The molecule has 0 bridgehead atoms. The Morgan fingerprint density at radius 3 is 2.79 bits per heavy atom. The number of hydrogen-bond acceptors (Lipinski definition) is 4. The van der Waals surface area contributed by atoms with Gasteiger partial charge in [-0.3, -0.25) is 0 Å². The van der Waals surface area contributed by atoms with Crippen LogP contribution in [0.3, 0.4) is 0 Å². The molecule has 1 aromatic carbocycles. The van der Waals surface area contributed by atoms with Crippen LogP contribution >= 0.6 is 11.3 Å². The zero-order chi connectivity index (χ0) is 20.2. The number of hydrogen-bond donors (Lipinski definition) is 1. The highest BCUT2D eigenvalue weighted by Gasteiger charge is 2.48. The number of anilines is 1. The number of nitrogens with one attached hydrogen (secondary N) is 1. The molecule has 1 aromatic heterocycles. The molecule has 29 heavy (non-hydrogen) atoms. The van der Waals surface area contributed by atoms with Gasteiger partial charge in [-0.05, 0) is 92.0 Å². The summed E-state index contributed by atoms with van der Waals surface area (Å²) in [5.41, 5.74) is 6.39. The van der Waals surface area contributed by atoms with Crippen molar-refractivity contribution in [2.24, 2.45) is 5.92 Å². The summed E-state index contributed by atoms with van der Waals surface area (Å²) in [7, 11) is 0. The maximum absolute atomic E-state index is 13.1. The number of likely N-dealkylation sites (tertiary alicyclic amines) is 1. The molecule has 4 nitrogen and oxygen atoms in total. The van der Waals surface area contributed by atoms with Crippen LogP contribution in [-0.4, -0.2) is 23.1 Å². The summed E-state index contributed by atoms with van der Waals surface area (Å²) in [4.78, 5) is 15.1. The van der Waals surface area contributed by atoms with Crippen molar-refractivity contribution in [2.45, 2.75) is 70.6 Å². The van der Waals surface area contributed by atoms with Gasteiger partial charge in [0.1, 0.15) is 5.60 Å². The van der Waals surface area contributed by atoms with Gasteiger partial charge in [0.2, 0.25) is 0 Å². The summed E-state index contributed by atoms with van der Waals surface area (Å²) in [6, 6.07) is 7.15. The van der Waals surface area contributed by atoms with E-state index in [0.717, 1.165) is 25.8 Å². The van der Waals surface area contributed by atoms with E-state index in [4.69, 9.17) is 4.74 Å². The third-order valence-corrected chi connectivity index (χ3v) is 7.29. The minimum absolute atomic E-state index is 0.0817. The molecule has 1 aliphatic carbocycles. The molecular weight excluding hydrogens is 380 g/mol. The summed E-state index contributed by atoms with van der Waals surface area (Å²) in [6.07, 6.45) is 5.63. The quantitative estimate of drug-likeness (QED) is 0.618. The summed E-state index contributed by atoms with van der Waals surface area (Å²) < 4.78 is 5.79. The van der Waals surface area contributed by atoms with E-state index in [2.05, 4.69) is 34.3 Å². The lowest BCUT2D eigenvalue weighted by atomic mass is 9.77. The van der Waals surface area contributed by atoms with E-state index >= 15 is 0 Å². The fraction of sp³-hybridized carbons (Fsp3) is 0.542. The molecule has 1 N–H and O–H groups in total. The van der Waals surface area contributed by atoms with Crippen LogP contribution in [0.1, 0.15) is 74.4 Å². The topological polar surface area (TPSA) is 41.6 Å². The van der Waals surface area contributed by atoms with E-state index in [9.17, 15) is 4.79 Å². The fourth-order valence-electron chi connectivity index (χ4n) is 5.40. The van der Waals surface area contributed by atoms with Crippen LogP contribution in [0.5, 0.6) is 0 Å². The number of carbonyl (C=O) groups is 1. The van der Waals surface area contributed by atoms with Crippen molar-refractivity contribution in [1.29, 1.82) is 0 Å². The Morgan fingerprint density at radius 2 is 2.03 bits per heavy atom. The molecule has 3 aliphatic rings. The van der Waals surface area contributed by atoms with Gasteiger partial charge >= 0.3 is 6.09 Å². The van der Waals surface area contributed by atoms with Crippen molar-refractivity contribution in [3.05, 3.63) is 51.2 Å². The SMILES string of the molecule is CC(C)(C)OC(=O)N1CC[C@H]2[C@@H](c3ccsc3)Nc3c(ccc4c3CCCC4)[C@H]21. The highest BCUT2D eigenvalue weighted by molar-refractivity contribution is 7.08. The molecule has 1 amide bonds. The molecule has 0 radical (unpaired) electrons. The lowest BCUT2D eigenvalue weighted by Gasteiger charge is -2.41. The molecule has 3 atom stereocenters. The van der Waals surface area contributed by atoms with E-state index in [1.54, 1.807) is 11.3 Å². The number of thiophene rings is 1. The van der Waals surface area contributed by atoms with E-state index in [1.165, 1.54) is 40.8 Å². The first-order chi connectivity index (χ1) is 13.9. The number of carbonyl (C=O) groups excluding carboxylic acids is 1. The second kappa shape index (κ2) is 7.05. The Bertz CT molecular complexity index is 916. The first-order valence-corrected chi connectivity index (χ1v) is 11.8. The normalized spacial score (nSPS) is 25.6. The Labute approximate surface area is 177 Å². The third kappa shape index (κ3) is 3.33. The zero-order valence-corrected chi connectivity index (χ0v) is 18.3. The lowest BCUT2D eigenvalue weighted by Crippen LogP contribution is -2.40. The van der Waals surface area contributed by atoms with Gasteiger partial charge in [0.05, 0.1) is 12.1 Å². The van der Waals surface area contributed by atoms with Crippen molar-refractivity contribution >= 4 is 23.1 Å². The second-order valence-electron chi connectivity index (χ2n) is 9.62. The fourth-order valence-corrected chi connectivity index (χ4v) is 6.09. The molecule has 0 unspecified atom stereocenters. The number of rotatable bonds is 1. The second-order valence-corrected chi connectivity index (χ2v) is 10.4. The summed E-state index contributed by atoms with van der Waals surface area (Å²) in [5.74, 6) is 0.367. The Hall–Kier alpha value is -2.01. The van der Waals surface area contributed by atoms with Crippen LogP contribution in [0, 0.1) is 5.92 Å². The first-order valence-electron chi connectivity index (χ1n) is 10.9. The highest BCUT2D eigenvalue weighted by Crippen LogP contribution is 2.53. The molecular formula is C24H30N2O2S. The van der Waals surface area contributed by atoms with Gasteiger partial charge in [0, 0.05) is 18.2 Å². The van der Waals surface area contributed by atoms with Crippen molar-refractivity contribution in [2.75, 3.05) is 11.9 Å². The average molecular weight is 411 g/mol. The monoisotopic (exact) mass is 410 g/mol. The summed E-state index contributed by atoms with van der Waals surface area (Å²) >= 11 is 1.75. The van der Waals surface area contributed by atoms with Crippen LogP contribution in [0.2, 0.25) is 0 Å². The first kappa shape index (κ1) is 19.0.